The second-order valence-corrected chi connectivity index (χ2v) is 11.0. The van der Waals surface area contributed by atoms with E-state index in [2.05, 4.69) is 10.9 Å². The number of halogens is 2. The van der Waals surface area contributed by atoms with Crippen molar-refractivity contribution in [2.24, 2.45) is 4.99 Å². The first-order chi connectivity index (χ1) is 19.6. The van der Waals surface area contributed by atoms with Crippen molar-refractivity contribution in [3.8, 4) is 29.6 Å². The quantitative estimate of drug-likeness (QED) is 0.251. The molecule has 0 unspecified atom stereocenters. The molecule has 3 aromatic rings. The summed E-state index contributed by atoms with van der Waals surface area (Å²) in [6.07, 6.45) is 6.90. The Kier molecular flexibility index (Phi) is 9.49. The van der Waals surface area contributed by atoms with Gasteiger partial charge in [0, 0.05) is 10.6 Å². The summed E-state index contributed by atoms with van der Waals surface area (Å²) < 4.78 is 24.3. The number of esters is 1. The van der Waals surface area contributed by atoms with Crippen LogP contribution in [0.2, 0.25) is 10.0 Å². The second-order valence-electron chi connectivity index (χ2n) is 9.18. The van der Waals surface area contributed by atoms with Gasteiger partial charge in [0.05, 0.1) is 46.7 Å². The zero-order chi connectivity index (χ0) is 29.8. The average molecular weight is 616 g/mol. The van der Waals surface area contributed by atoms with Crippen molar-refractivity contribution in [3.63, 3.8) is 0 Å². The highest BCUT2D eigenvalue weighted by atomic mass is 35.5. The summed E-state index contributed by atoms with van der Waals surface area (Å²) in [6, 6.07) is 7.62. The Hall–Kier alpha value is -3.71. The normalized spacial score (nSPS) is 14.8. The summed E-state index contributed by atoms with van der Waals surface area (Å²) >= 11 is 13.8. The number of fused-ring (bicyclic) bond motifs is 1. The number of aromatic nitrogens is 1. The number of benzene rings is 2. The van der Waals surface area contributed by atoms with E-state index in [0.29, 0.717) is 48.4 Å². The zero-order valence-electron chi connectivity index (χ0n) is 23.1. The lowest BCUT2D eigenvalue weighted by Crippen LogP contribution is -2.40. The molecule has 8 nitrogen and oxygen atoms in total. The molecule has 0 bridgehead atoms. The number of hydrogen-bond acceptors (Lipinski definition) is 8. The van der Waals surface area contributed by atoms with Gasteiger partial charge in [0.15, 0.2) is 16.3 Å². The molecular formula is C30H28Cl2N2O6S. The molecule has 0 amide bonds. The van der Waals surface area contributed by atoms with E-state index in [9.17, 15) is 9.59 Å². The van der Waals surface area contributed by atoms with Gasteiger partial charge < -0.3 is 18.9 Å². The fraction of sp³-hybridized carbons (Fsp3) is 0.300. The standard InChI is InChI=1S/C30H28Cl2N2O6S/c1-7-11-39-27-19(12-20(31)15-21(27)32)14-24-28(35)34-26(18-9-10-22(40-16(3)4)23(13-18)37-6)25(29(36)38-8-2)17(5)33-30(34)41-24/h1,9-10,12-16,26H,8,11H2,2-6H3/b24-14+/t26-/m0/s1. The van der Waals surface area contributed by atoms with E-state index in [0.717, 1.165) is 11.3 Å². The van der Waals surface area contributed by atoms with Crippen molar-refractivity contribution < 1.29 is 23.7 Å². The molecule has 2 aromatic carbocycles. The number of allylic oxidation sites excluding steroid dienone is 1. The number of terminal acetylenes is 1. The lowest BCUT2D eigenvalue weighted by atomic mass is 9.95. The highest BCUT2D eigenvalue weighted by Gasteiger charge is 2.34. The van der Waals surface area contributed by atoms with Crippen LogP contribution in [0.3, 0.4) is 0 Å². The van der Waals surface area contributed by atoms with E-state index in [4.69, 9.17) is 48.6 Å². The number of thiazole rings is 1. The Morgan fingerprint density at radius 3 is 2.66 bits per heavy atom. The molecule has 1 aliphatic heterocycles. The van der Waals surface area contributed by atoms with Gasteiger partial charge in [0.25, 0.3) is 5.56 Å². The van der Waals surface area contributed by atoms with Crippen LogP contribution in [-0.4, -0.2) is 37.0 Å². The third kappa shape index (κ3) is 6.30. The zero-order valence-corrected chi connectivity index (χ0v) is 25.4. The fourth-order valence-electron chi connectivity index (χ4n) is 4.41. The van der Waals surface area contributed by atoms with Crippen molar-refractivity contribution >= 4 is 46.6 Å². The Balaban J connectivity index is 1.97. The fourth-order valence-corrected chi connectivity index (χ4v) is 6.01. The molecule has 0 saturated heterocycles. The van der Waals surface area contributed by atoms with E-state index in [1.165, 1.54) is 17.7 Å². The minimum atomic E-state index is -0.838. The maximum Gasteiger partial charge on any atom is 0.338 e. The third-order valence-corrected chi connectivity index (χ3v) is 7.49. The molecule has 1 atom stereocenters. The number of carbonyl (C=O) groups excluding carboxylic acids is 1. The van der Waals surface area contributed by atoms with E-state index < -0.39 is 12.0 Å². The monoisotopic (exact) mass is 614 g/mol. The van der Waals surface area contributed by atoms with Crippen molar-refractivity contribution in [1.82, 2.24) is 4.57 Å². The van der Waals surface area contributed by atoms with Gasteiger partial charge in [0.1, 0.15) is 12.4 Å². The van der Waals surface area contributed by atoms with Crippen molar-refractivity contribution in [2.75, 3.05) is 20.3 Å². The maximum absolute atomic E-state index is 14.0. The SMILES string of the molecule is C#CCOc1c(Cl)cc(Cl)cc1/C=c1/sc2n(c1=O)[C@@H](c1ccc(OC(C)C)c(OC)c1)C(C(=O)OCC)=C(C)N=2. The Morgan fingerprint density at radius 1 is 1.24 bits per heavy atom. The molecule has 41 heavy (non-hydrogen) atoms. The number of carbonyl (C=O) groups is 1. The van der Waals surface area contributed by atoms with Crippen LogP contribution in [0.5, 0.6) is 17.2 Å². The molecule has 2 heterocycles. The van der Waals surface area contributed by atoms with Gasteiger partial charge >= 0.3 is 5.97 Å². The molecular weight excluding hydrogens is 587 g/mol. The van der Waals surface area contributed by atoms with Gasteiger partial charge in [-0.2, -0.15) is 0 Å². The molecule has 0 N–H and O–H groups in total. The van der Waals surface area contributed by atoms with Crippen molar-refractivity contribution in [2.45, 2.75) is 39.8 Å². The van der Waals surface area contributed by atoms with E-state index >= 15 is 0 Å². The van der Waals surface area contributed by atoms with Gasteiger partial charge in [-0.1, -0.05) is 46.5 Å². The number of hydrogen-bond donors (Lipinski definition) is 0. The largest absolute Gasteiger partial charge is 0.493 e. The highest BCUT2D eigenvalue weighted by molar-refractivity contribution is 7.07. The van der Waals surface area contributed by atoms with Crippen LogP contribution in [0.1, 0.15) is 44.9 Å². The summed E-state index contributed by atoms with van der Waals surface area (Å²) in [5.41, 5.74) is 1.39. The van der Waals surface area contributed by atoms with Crippen LogP contribution in [-0.2, 0) is 9.53 Å². The first-order valence-electron chi connectivity index (χ1n) is 12.7. The molecule has 4 rings (SSSR count). The van der Waals surface area contributed by atoms with Gasteiger partial charge in [-0.15, -0.1) is 6.42 Å². The molecule has 1 aliphatic rings. The Bertz CT molecular complexity index is 1750. The second kappa shape index (κ2) is 12.9. The molecule has 11 heteroatoms. The van der Waals surface area contributed by atoms with Gasteiger partial charge in [0.2, 0.25) is 0 Å². The van der Waals surface area contributed by atoms with Crippen LogP contribution in [0.4, 0.5) is 0 Å². The number of ether oxygens (including phenoxy) is 4. The molecule has 0 radical (unpaired) electrons. The van der Waals surface area contributed by atoms with Crippen LogP contribution in [0.15, 0.2) is 51.4 Å². The molecule has 0 saturated carbocycles. The van der Waals surface area contributed by atoms with Gasteiger partial charge in [-0.25, -0.2) is 9.79 Å². The lowest BCUT2D eigenvalue weighted by molar-refractivity contribution is -0.139. The van der Waals surface area contributed by atoms with Crippen LogP contribution >= 0.6 is 34.5 Å². The Labute approximate surface area is 251 Å². The highest BCUT2D eigenvalue weighted by Crippen LogP contribution is 2.37. The van der Waals surface area contributed by atoms with Crippen LogP contribution in [0, 0.1) is 12.3 Å². The minimum Gasteiger partial charge on any atom is -0.493 e. The van der Waals surface area contributed by atoms with Crippen LogP contribution in [0.25, 0.3) is 6.08 Å². The lowest BCUT2D eigenvalue weighted by Gasteiger charge is -2.25. The van der Waals surface area contributed by atoms with Gasteiger partial charge in [-0.3, -0.25) is 9.36 Å². The summed E-state index contributed by atoms with van der Waals surface area (Å²) in [5.74, 6) is 3.13. The topological polar surface area (TPSA) is 88.3 Å². The molecule has 0 aliphatic carbocycles. The van der Waals surface area contributed by atoms with Gasteiger partial charge in [-0.05, 0) is 63.6 Å². The molecule has 0 fully saturated rings. The molecule has 0 spiro atoms. The first-order valence-corrected chi connectivity index (χ1v) is 14.3. The van der Waals surface area contributed by atoms with Crippen LogP contribution < -0.4 is 29.1 Å². The average Bonchev–Trinajstić information content (AvgIpc) is 3.21. The third-order valence-electron chi connectivity index (χ3n) is 6.01. The molecule has 1 aromatic heterocycles. The van der Waals surface area contributed by atoms with E-state index in [1.807, 2.05) is 13.8 Å². The maximum atomic E-state index is 14.0. The molecule has 214 valence electrons. The summed E-state index contributed by atoms with van der Waals surface area (Å²) in [5, 5.41) is 0.608. The minimum absolute atomic E-state index is 0.0239. The number of rotatable bonds is 9. The number of nitrogens with zero attached hydrogens (tertiary/aromatic N) is 2. The van der Waals surface area contributed by atoms with Crippen molar-refractivity contribution in [1.29, 1.82) is 0 Å². The predicted molar refractivity (Wildman–Crippen MR) is 160 cm³/mol. The Morgan fingerprint density at radius 2 is 2.00 bits per heavy atom. The summed E-state index contributed by atoms with van der Waals surface area (Å²) in [6.45, 7) is 7.39. The van der Waals surface area contributed by atoms with E-state index in [1.54, 1.807) is 44.2 Å². The summed E-state index contributed by atoms with van der Waals surface area (Å²) in [4.78, 5) is 32.2. The number of methoxy groups -OCH3 is 1. The van der Waals surface area contributed by atoms with E-state index in [-0.39, 0.29) is 35.5 Å². The predicted octanol–water partition coefficient (Wildman–Crippen LogP) is 4.91. The summed E-state index contributed by atoms with van der Waals surface area (Å²) in [7, 11) is 1.53. The first kappa shape index (κ1) is 30.3. The smallest absolute Gasteiger partial charge is 0.338 e. The van der Waals surface area contributed by atoms with Crippen molar-refractivity contribution in [3.05, 3.63) is 82.5 Å².